The van der Waals surface area contributed by atoms with Gasteiger partial charge in [0, 0.05) is 38.3 Å². The maximum absolute atomic E-state index is 4.35. The molecule has 0 radical (unpaired) electrons. The van der Waals surface area contributed by atoms with Gasteiger partial charge in [0.15, 0.2) is 5.96 Å². The largest absolute Gasteiger partial charge is 0.356 e. The van der Waals surface area contributed by atoms with Crippen molar-refractivity contribution in [1.29, 1.82) is 0 Å². The molecule has 21 heavy (non-hydrogen) atoms. The maximum atomic E-state index is 4.35. The fourth-order valence-electron chi connectivity index (χ4n) is 3.04. The smallest absolute Gasteiger partial charge is 0.191 e. The molecule has 0 aromatic rings. The Kier molecular flexibility index (Phi) is 9.36. The summed E-state index contributed by atoms with van der Waals surface area (Å²) in [6.45, 7) is 4.56. The van der Waals surface area contributed by atoms with E-state index in [9.17, 15) is 0 Å². The Morgan fingerprint density at radius 2 is 2.10 bits per heavy atom. The van der Waals surface area contributed by atoms with Gasteiger partial charge in [-0.25, -0.2) is 0 Å². The topological polar surface area (TPSA) is 39.7 Å². The number of hydrogen-bond donors (Lipinski definition) is 2. The first kappa shape index (κ1) is 19.4. The fourth-order valence-corrected chi connectivity index (χ4v) is 3.53. The van der Waals surface area contributed by atoms with Crippen molar-refractivity contribution < 1.29 is 0 Å². The van der Waals surface area contributed by atoms with Crippen LogP contribution in [-0.4, -0.2) is 61.1 Å². The Hall–Kier alpha value is 0.310. The molecule has 0 aromatic carbocycles. The molecule has 0 bridgehead atoms. The number of rotatable bonds is 7. The van der Waals surface area contributed by atoms with Crippen LogP contribution in [0.25, 0.3) is 0 Å². The van der Waals surface area contributed by atoms with Crippen LogP contribution >= 0.6 is 35.7 Å². The van der Waals surface area contributed by atoms with E-state index in [1.807, 2.05) is 18.8 Å². The minimum absolute atomic E-state index is 0. The van der Waals surface area contributed by atoms with Crippen LogP contribution in [-0.2, 0) is 0 Å². The van der Waals surface area contributed by atoms with Crippen LogP contribution in [0.15, 0.2) is 4.99 Å². The summed E-state index contributed by atoms with van der Waals surface area (Å²) in [6.07, 6.45) is 8.71. The number of halogens is 1. The van der Waals surface area contributed by atoms with Crippen LogP contribution < -0.4 is 10.6 Å². The van der Waals surface area contributed by atoms with Crippen LogP contribution in [0.3, 0.4) is 0 Å². The molecule has 1 saturated heterocycles. The van der Waals surface area contributed by atoms with E-state index in [2.05, 4.69) is 33.7 Å². The molecule has 0 spiro atoms. The zero-order chi connectivity index (χ0) is 14.4. The predicted octanol–water partition coefficient (Wildman–Crippen LogP) is 2.54. The molecule has 6 heteroatoms. The van der Waals surface area contributed by atoms with Crippen molar-refractivity contribution >= 4 is 41.7 Å². The predicted molar refractivity (Wildman–Crippen MR) is 105 cm³/mol. The van der Waals surface area contributed by atoms with Gasteiger partial charge in [0.2, 0.25) is 0 Å². The average molecular weight is 426 g/mol. The summed E-state index contributed by atoms with van der Waals surface area (Å²) in [6, 6.07) is 2.15. The number of aliphatic imine (C=N–C) groups is 1. The quantitative estimate of drug-likeness (QED) is 0.284. The molecular formula is C15H31IN4S. The highest BCUT2D eigenvalue weighted by molar-refractivity contribution is 14.0. The van der Waals surface area contributed by atoms with Gasteiger partial charge in [0.25, 0.3) is 0 Å². The molecule has 124 valence electrons. The van der Waals surface area contributed by atoms with E-state index < -0.39 is 0 Å². The van der Waals surface area contributed by atoms with Crippen LogP contribution in [0.2, 0.25) is 0 Å². The minimum Gasteiger partial charge on any atom is -0.356 e. The molecule has 1 saturated carbocycles. The lowest BCUT2D eigenvalue weighted by Gasteiger charge is -2.20. The monoisotopic (exact) mass is 426 g/mol. The van der Waals surface area contributed by atoms with Gasteiger partial charge < -0.3 is 10.6 Å². The zero-order valence-corrected chi connectivity index (χ0v) is 16.7. The van der Waals surface area contributed by atoms with Gasteiger partial charge in [-0.15, -0.1) is 24.0 Å². The van der Waals surface area contributed by atoms with E-state index >= 15 is 0 Å². The molecule has 2 atom stereocenters. The number of nitrogens with one attached hydrogen (secondary N) is 2. The van der Waals surface area contributed by atoms with Crippen molar-refractivity contribution in [3.05, 3.63) is 0 Å². The summed E-state index contributed by atoms with van der Waals surface area (Å²) >= 11 is 1.92. The minimum atomic E-state index is 0. The molecule has 0 aromatic heterocycles. The van der Waals surface area contributed by atoms with Gasteiger partial charge in [0.05, 0.1) is 0 Å². The first-order chi connectivity index (χ1) is 9.74. The van der Waals surface area contributed by atoms with Crippen LogP contribution in [0.4, 0.5) is 0 Å². The molecule has 2 rings (SSSR count). The van der Waals surface area contributed by atoms with Crippen LogP contribution in [0, 0.1) is 0 Å². The molecule has 1 aliphatic carbocycles. The van der Waals surface area contributed by atoms with Crippen molar-refractivity contribution in [3.8, 4) is 0 Å². The number of unbranched alkanes of at least 4 members (excludes halogenated alkanes) is 1. The van der Waals surface area contributed by atoms with Crippen molar-refractivity contribution in [3.63, 3.8) is 0 Å². The lowest BCUT2D eigenvalue weighted by atomic mass is 10.2. The van der Waals surface area contributed by atoms with Crippen LogP contribution in [0.1, 0.15) is 39.0 Å². The number of likely N-dealkylation sites (tertiary alicyclic amines) is 1. The summed E-state index contributed by atoms with van der Waals surface area (Å²) in [5.41, 5.74) is 0. The Bertz CT molecular complexity index is 323. The van der Waals surface area contributed by atoms with Crippen molar-refractivity contribution in [2.24, 2.45) is 4.99 Å². The first-order valence-electron chi connectivity index (χ1n) is 7.96. The SMILES string of the molecule is CN=C(NCCCCSC)NC1CC(C)N(C2CC2)C1.I. The van der Waals surface area contributed by atoms with E-state index in [0.29, 0.717) is 6.04 Å². The first-order valence-corrected chi connectivity index (χ1v) is 9.36. The Morgan fingerprint density at radius 1 is 1.33 bits per heavy atom. The van der Waals surface area contributed by atoms with E-state index in [4.69, 9.17) is 0 Å². The summed E-state index contributed by atoms with van der Waals surface area (Å²) in [7, 11) is 1.87. The standard InChI is InChI=1S/C15H30N4S.HI/c1-12-10-13(11-19(12)14-6-7-14)18-15(16-2)17-8-4-5-9-20-3;/h12-14H,4-11H2,1-3H3,(H2,16,17,18);1H. The average Bonchev–Trinajstić information content (AvgIpc) is 3.21. The number of hydrogen-bond acceptors (Lipinski definition) is 3. The lowest BCUT2D eigenvalue weighted by molar-refractivity contribution is 0.256. The molecule has 2 fully saturated rings. The molecule has 1 heterocycles. The maximum Gasteiger partial charge on any atom is 0.191 e. The molecule has 4 nitrogen and oxygen atoms in total. The van der Waals surface area contributed by atoms with Crippen molar-refractivity contribution in [2.75, 3.05) is 32.1 Å². The molecule has 0 amide bonds. The lowest BCUT2D eigenvalue weighted by Crippen LogP contribution is -2.45. The van der Waals surface area contributed by atoms with Crippen molar-refractivity contribution in [2.45, 2.75) is 57.2 Å². The molecule has 2 N–H and O–H groups in total. The molecule has 2 aliphatic rings. The second kappa shape index (κ2) is 10.2. The number of guanidine groups is 1. The van der Waals surface area contributed by atoms with E-state index in [-0.39, 0.29) is 24.0 Å². The Labute approximate surface area is 151 Å². The van der Waals surface area contributed by atoms with Gasteiger partial charge >= 0.3 is 0 Å². The number of thioether (sulfide) groups is 1. The normalized spacial score (nSPS) is 26.5. The summed E-state index contributed by atoms with van der Waals surface area (Å²) in [5, 5.41) is 7.03. The van der Waals surface area contributed by atoms with E-state index in [1.165, 1.54) is 44.4 Å². The summed E-state index contributed by atoms with van der Waals surface area (Å²) < 4.78 is 0. The van der Waals surface area contributed by atoms with Crippen LogP contribution in [0.5, 0.6) is 0 Å². The highest BCUT2D eigenvalue weighted by atomic mass is 127. The third kappa shape index (κ3) is 6.52. The third-order valence-electron chi connectivity index (χ3n) is 4.27. The van der Waals surface area contributed by atoms with E-state index in [0.717, 1.165) is 24.6 Å². The number of nitrogens with zero attached hydrogens (tertiary/aromatic N) is 2. The molecule has 1 aliphatic heterocycles. The Balaban J connectivity index is 0.00000220. The summed E-state index contributed by atoms with van der Waals surface area (Å²) in [4.78, 5) is 7.02. The van der Waals surface area contributed by atoms with Gasteiger partial charge in [0.1, 0.15) is 0 Å². The van der Waals surface area contributed by atoms with E-state index in [1.54, 1.807) is 0 Å². The third-order valence-corrected chi connectivity index (χ3v) is 4.97. The fraction of sp³-hybridized carbons (Fsp3) is 0.933. The van der Waals surface area contributed by atoms with Gasteiger partial charge in [-0.2, -0.15) is 11.8 Å². The Morgan fingerprint density at radius 3 is 2.71 bits per heavy atom. The zero-order valence-electron chi connectivity index (χ0n) is 13.6. The van der Waals surface area contributed by atoms with Gasteiger partial charge in [-0.3, -0.25) is 9.89 Å². The van der Waals surface area contributed by atoms with Crippen molar-refractivity contribution in [1.82, 2.24) is 15.5 Å². The second-order valence-corrected chi connectivity index (χ2v) is 7.04. The highest BCUT2D eigenvalue weighted by Crippen LogP contribution is 2.33. The second-order valence-electron chi connectivity index (χ2n) is 6.05. The summed E-state index contributed by atoms with van der Waals surface area (Å²) in [5.74, 6) is 2.23. The molecular weight excluding hydrogens is 395 g/mol. The van der Waals surface area contributed by atoms with Gasteiger partial charge in [-0.05, 0) is 51.0 Å². The highest BCUT2D eigenvalue weighted by Gasteiger charge is 2.38. The van der Waals surface area contributed by atoms with Gasteiger partial charge in [-0.1, -0.05) is 0 Å². The molecule has 2 unspecified atom stereocenters.